The van der Waals surface area contributed by atoms with Gasteiger partial charge in [-0.3, -0.25) is 4.79 Å². The molecule has 5 atom stereocenters. The molecule has 0 aromatic rings. The van der Waals surface area contributed by atoms with E-state index in [1.165, 1.54) is 32.1 Å². The highest BCUT2D eigenvalue weighted by Gasteiger charge is 2.45. The number of carbonyl (C=O) groups excluding carboxylic acids is 3. The van der Waals surface area contributed by atoms with Gasteiger partial charge in [-0.05, 0) is 12.5 Å². The number of halogens is 3. The molecular formula is C26H42F3N3O9. The lowest BCUT2D eigenvalue weighted by atomic mass is 9.94. The van der Waals surface area contributed by atoms with Gasteiger partial charge in [0.25, 0.3) is 6.29 Å². The van der Waals surface area contributed by atoms with Crippen molar-refractivity contribution in [3.63, 3.8) is 0 Å². The second-order valence-electron chi connectivity index (χ2n) is 9.88. The van der Waals surface area contributed by atoms with Gasteiger partial charge < -0.3 is 40.8 Å². The van der Waals surface area contributed by atoms with E-state index in [0.29, 0.717) is 6.42 Å². The number of carbonyl (C=O) groups is 4. The third-order valence-corrected chi connectivity index (χ3v) is 6.28. The van der Waals surface area contributed by atoms with Crippen molar-refractivity contribution in [1.82, 2.24) is 10.6 Å². The van der Waals surface area contributed by atoms with Crippen molar-refractivity contribution in [2.75, 3.05) is 6.54 Å². The van der Waals surface area contributed by atoms with Crippen molar-refractivity contribution in [2.24, 2.45) is 5.73 Å². The highest BCUT2D eigenvalue weighted by Crippen LogP contribution is 2.25. The molecule has 6 N–H and O–H groups in total. The minimum Gasteiger partial charge on any atom is -0.481 e. The van der Waals surface area contributed by atoms with E-state index in [2.05, 4.69) is 22.3 Å². The van der Waals surface area contributed by atoms with Crippen LogP contribution in [0.2, 0.25) is 0 Å². The number of aliphatic hydroxyl groups excluding tert-OH is 1. The van der Waals surface area contributed by atoms with E-state index in [-0.39, 0.29) is 6.54 Å². The molecule has 41 heavy (non-hydrogen) atoms. The smallest absolute Gasteiger partial charge is 0.481 e. The maximum atomic E-state index is 12.8. The molecule has 1 rings (SSSR count). The molecule has 2 amide bonds. The van der Waals surface area contributed by atoms with E-state index in [0.717, 1.165) is 38.7 Å². The SMILES string of the molecule is CCCCCCCCCCCCNC(=O)OC(OC(=O)C(F)(F)F)C(O)C[C@H]1OC(C(=O)O)=C[C@H](N)[C@H]1NC(C)=O. The topological polar surface area (TPSA) is 187 Å². The molecule has 1 aliphatic rings. The van der Waals surface area contributed by atoms with Crippen molar-refractivity contribution in [3.8, 4) is 0 Å². The van der Waals surface area contributed by atoms with Crippen molar-refractivity contribution in [2.45, 2.75) is 121 Å². The average Bonchev–Trinajstić information content (AvgIpc) is 2.87. The standard InChI is InChI=1S/C26H42F3N3O9/c1-3-4-5-6-7-8-9-10-11-12-13-31-25(38)41-23(40-24(37)26(27,28)29)18(34)15-19-21(32-16(2)33)17(30)14-20(39-19)22(35)36/h14,17-19,21,23,34H,3-13,15,30H2,1-2H3,(H,31,38)(H,32,33)(H,35,36)/t17-,18?,19+,21+,23?/m0/s1. The van der Waals surface area contributed by atoms with Crippen molar-refractivity contribution >= 4 is 23.9 Å². The van der Waals surface area contributed by atoms with Gasteiger partial charge in [-0.1, -0.05) is 64.7 Å². The Hall–Kier alpha value is -3.07. The Labute approximate surface area is 237 Å². The molecule has 12 nitrogen and oxygen atoms in total. The lowest BCUT2D eigenvalue weighted by Crippen LogP contribution is -2.57. The molecule has 1 heterocycles. The summed E-state index contributed by atoms with van der Waals surface area (Å²) in [6.07, 6.45) is -1.89. The summed E-state index contributed by atoms with van der Waals surface area (Å²) < 4.78 is 52.8. The third kappa shape index (κ3) is 14.4. The molecule has 1 aliphatic heterocycles. The second-order valence-corrected chi connectivity index (χ2v) is 9.88. The number of rotatable bonds is 18. The Morgan fingerprint density at radius 2 is 1.59 bits per heavy atom. The number of alkyl halides is 3. The first-order valence-electron chi connectivity index (χ1n) is 13.8. The summed E-state index contributed by atoms with van der Waals surface area (Å²) >= 11 is 0. The van der Waals surface area contributed by atoms with Gasteiger partial charge in [-0.15, -0.1) is 0 Å². The minimum atomic E-state index is -5.46. The van der Waals surface area contributed by atoms with Gasteiger partial charge in [-0.25, -0.2) is 14.4 Å². The Bertz CT molecular complexity index is 886. The molecule has 0 spiro atoms. The van der Waals surface area contributed by atoms with E-state index in [1.54, 1.807) is 0 Å². The Morgan fingerprint density at radius 1 is 1.02 bits per heavy atom. The lowest BCUT2D eigenvalue weighted by molar-refractivity contribution is -0.232. The fourth-order valence-corrected chi connectivity index (χ4v) is 4.19. The summed E-state index contributed by atoms with van der Waals surface area (Å²) in [5.74, 6) is -5.47. The first kappa shape index (κ1) is 36.0. The van der Waals surface area contributed by atoms with E-state index < -0.39 is 72.9 Å². The number of ether oxygens (including phenoxy) is 3. The van der Waals surface area contributed by atoms with Crippen LogP contribution in [0.5, 0.6) is 0 Å². The lowest BCUT2D eigenvalue weighted by Gasteiger charge is -2.36. The number of carboxylic acids is 1. The molecule has 0 aromatic heterocycles. The van der Waals surface area contributed by atoms with Crippen LogP contribution in [0.3, 0.4) is 0 Å². The molecule has 2 unspecified atom stereocenters. The molecule has 0 fully saturated rings. The molecule has 0 aliphatic carbocycles. The van der Waals surface area contributed by atoms with E-state index in [4.69, 9.17) is 15.2 Å². The van der Waals surface area contributed by atoms with Crippen LogP contribution < -0.4 is 16.4 Å². The van der Waals surface area contributed by atoms with Crippen LogP contribution in [0.1, 0.15) is 84.5 Å². The largest absolute Gasteiger partial charge is 0.491 e. The summed E-state index contributed by atoms with van der Waals surface area (Å²) in [6.45, 7) is 3.42. The number of unbranched alkanes of at least 4 members (excludes halogenated alkanes) is 9. The van der Waals surface area contributed by atoms with Gasteiger partial charge in [0.15, 0.2) is 0 Å². The Kier molecular flexibility index (Phi) is 16.1. The first-order valence-corrected chi connectivity index (χ1v) is 13.8. The fourth-order valence-electron chi connectivity index (χ4n) is 4.19. The number of nitrogens with one attached hydrogen (secondary N) is 2. The van der Waals surface area contributed by atoms with Crippen LogP contribution >= 0.6 is 0 Å². The van der Waals surface area contributed by atoms with Crippen LogP contribution in [0.15, 0.2) is 11.8 Å². The Morgan fingerprint density at radius 3 is 2.10 bits per heavy atom. The van der Waals surface area contributed by atoms with Crippen LogP contribution in [0, 0.1) is 0 Å². The van der Waals surface area contributed by atoms with Gasteiger partial charge in [-0.2, -0.15) is 13.2 Å². The van der Waals surface area contributed by atoms with Gasteiger partial charge in [0, 0.05) is 19.9 Å². The molecule has 0 saturated carbocycles. The molecule has 236 valence electrons. The predicted octanol–water partition coefficient (Wildman–Crippen LogP) is 3.02. The summed E-state index contributed by atoms with van der Waals surface area (Å²) in [5.41, 5.74) is 5.90. The number of amides is 2. The zero-order valence-electron chi connectivity index (χ0n) is 23.4. The van der Waals surface area contributed by atoms with E-state index in [1.807, 2.05) is 0 Å². The Balaban J connectivity index is 2.72. The summed E-state index contributed by atoms with van der Waals surface area (Å²) in [4.78, 5) is 46.6. The monoisotopic (exact) mass is 597 g/mol. The second kappa shape index (κ2) is 18.4. The maximum absolute atomic E-state index is 12.8. The predicted molar refractivity (Wildman–Crippen MR) is 139 cm³/mol. The molecule has 0 aromatic carbocycles. The van der Waals surface area contributed by atoms with Crippen LogP contribution in [0.25, 0.3) is 0 Å². The maximum Gasteiger partial charge on any atom is 0.491 e. The normalized spacial score (nSPS) is 20.2. The third-order valence-electron chi connectivity index (χ3n) is 6.28. The number of hydrogen-bond donors (Lipinski definition) is 5. The molecular weight excluding hydrogens is 555 g/mol. The number of aliphatic carboxylic acids is 1. The van der Waals surface area contributed by atoms with Crippen molar-refractivity contribution in [3.05, 3.63) is 11.8 Å². The number of carboxylic acid groups (broad SMARTS) is 1. The highest BCUT2D eigenvalue weighted by molar-refractivity contribution is 5.84. The van der Waals surface area contributed by atoms with E-state index >= 15 is 0 Å². The van der Waals surface area contributed by atoms with Gasteiger partial charge in [0.2, 0.25) is 11.7 Å². The van der Waals surface area contributed by atoms with E-state index in [9.17, 15) is 42.6 Å². The van der Waals surface area contributed by atoms with Gasteiger partial charge in [0.1, 0.15) is 12.2 Å². The number of hydrogen-bond acceptors (Lipinski definition) is 9. The number of nitrogens with two attached hydrogens (primary N) is 1. The zero-order valence-corrected chi connectivity index (χ0v) is 23.4. The number of aliphatic hydroxyl groups is 1. The summed E-state index contributed by atoms with van der Waals surface area (Å²) in [5, 5.41) is 24.6. The average molecular weight is 598 g/mol. The van der Waals surface area contributed by atoms with Crippen LogP contribution in [-0.2, 0) is 28.6 Å². The molecule has 0 radical (unpaired) electrons. The molecule has 0 bridgehead atoms. The van der Waals surface area contributed by atoms with Gasteiger partial charge in [0.05, 0.1) is 12.1 Å². The molecule has 0 saturated heterocycles. The van der Waals surface area contributed by atoms with Crippen LogP contribution in [-0.4, -0.2) is 77.5 Å². The zero-order chi connectivity index (χ0) is 31.0. The minimum absolute atomic E-state index is 0.128. The van der Waals surface area contributed by atoms with Crippen LogP contribution in [0.4, 0.5) is 18.0 Å². The van der Waals surface area contributed by atoms with Crippen molar-refractivity contribution in [1.29, 1.82) is 0 Å². The fraction of sp³-hybridized carbons (Fsp3) is 0.769. The number of esters is 1. The summed E-state index contributed by atoms with van der Waals surface area (Å²) in [6, 6.07) is -2.23. The first-order chi connectivity index (χ1) is 19.3. The highest BCUT2D eigenvalue weighted by atomic mass is 19.4. The number of alkyl carbamates (subject to hydrolysis) is 1. The summed E-state index contributed by atoms with van der Waals surface area (Å²) in [7, 11) is 0. The van der Waals surface area contributed by atoms with Gasteiger partial charge >= 0.3 is 24.2 Å². The quantitative estimate of drug-likeness (QED) is 0.0893. The van der Waals surface area contributed by atoms with Crippen molar-refractivity contribution < 1.29 is 56.8 Å². The molecule has 15 heteroatoms.